The molecule has 196 valence electrons. The molecule has 1 aliphatic rings. The van der Waals surface area contributed by atoms with E-state index in [2.05, 4.69) is 30.1 Å². The number of pyridine rings is 1. The van der Waals surface area contributed by atoms with Crippen molar-refractivity contribution in [3.63, 3.8) is 0 Å². The second-order valence-corrected chi connectivity index (χ2v) is 9.62. The summed E-state index contributed by atoms with van der Waals surface area (Å²) in [4.78, 5) is 29.4. The highest BCUT2D eigenvalue weighted by Crippen LogP contribution is 2.35. The molecule has 0 saturated carbocycles. The summed E-state index contributed by atoms with van der Waals surface area (Å²) >= 11 is 6.55. The van der Waals surface area contributed by atoms with Gasteiger partial charge in [0.15, 0.2) is 0 Å². The Kier molecular flexibility index (Phi) is 7.67. The van der Waals surface area contributed by atoms with Gasteiger partial charge in [0.25, 0.3) is 0 Å². The summed E-state index contributed by atoms with van der Waals surface area (Å²) in [7, 11) is 1.40. The lowest BCUT2D eigenvalue weighted by molar-refractivity contribution is -0.142. The van der Waals surface area contributed by atoms with Gasteiger partial charge in [-0.15, -0.1) is 0 Å². The molecule has 1 unspecified atom stereocenters. The Bertz CT molecular complexity index is 1440. The molecule has 0 spiro atoms. The van der Waals surface area contributed by atoms with Crippen molar-refractivity contribution >= 4 is 40.1 Å². The average Bonchev–Trinajstić information content (AvgIpc) is 2.95. The van der Waals surface area contributed by atoms with E-state index in [9.17, 15) is 9.18 Å². The number of anilines is 2. The lowest BCUT2D eigenvalue weighted by atomic mass is 10.0. The highest BCUT2D eigenvalue weighted by atomic mass is 35.5. The Morgan fingerprint density at radius 3 is 2.50 bits per heavy atom. The van der Waals surface area contributed by atoms with Crippen molar-refractivity contribution < 1.29 is 13.9 Å². The summed E-state index contributed by atoms with van der Waals surface area (Å²) in [5.74, 6) is 0.147. The van der Waals surface area contributed by atoms with Crippen LogP contribution in [0.25, 0.3) is 22.0 Å². The number of halogens is 2. The van der Waals surface area contributed by atoms with E-state index in [0.717, 1.165) is 48.2 Å². The zero-order chi connectivity index (χ0) is 26.6. The molecule has 8 nitrogen and oxygen atoms in total. The molecule has 1 atom stereocenters. The van der Waals surface area contributed by atoms with Gasteiger partial charge in [-0.25, -0.2) is 14.4 Å². The smallest absolute Gasteiger partial charge is 0.319 e. The van der Waals surface area contributed by atoms with E-state index < -0.39 is 0 Å². The number of piperazine rings is 1. The van der Waals surface area contributed by atoms with Crippen LogP contribution in [-0.4, -0.2) is 65.7 Å². The minimum atomic E-state index is -0.307. The van der Waals surface area contributed by atoms with Gasteiger partial charge in [0.2, 0.25) is 5.95 Å². The van der Waals surface area contributed by atoms with Gasteiger partial charge in [-0.05, 0) is 30.7 Å². The van der Waals surface area contributed by atoms with Crippen LogP contribution >= 0.6 is 11.6 Å². The van der Waals surface area contributed by atoms with E-state index in [-0.39, 0.29) is 17.8 Å². The second kappa shape index (κ2) is 11.3. The summed E-state index contributed by atoms with van der Waals surface area (Å²) in [6.45, 7) is 5.12. The Morgan fingerprint density at radius 1 is 1.05 bits per heavy atom. The highest BCUT2D eigenvalue weighted by molar-refractivity contribution is 6.34. The molecule has 1 N–H and O–H groups in total. The number of carbonyl (C=O) groups is 1. The summed E-state index contributed by atoms with van der Waals surface area (Å²) in [5.41, 5.74) is 3.78. The van der Waals surface area contributed by atoms with Crippen LogP contribution in [0.15, 0.2) is 61.1 Å². The molecular formula is C28H28ClFN6O2. The van der Waals surface area contributed by atoms with E-state index >= 15 is 0 Å². The van der Waals surface area contributed by atoms with E-state index in [4.69, 9.17) is 16.3 Å². The van der Waals surface area contributed by atoms with E-state index in [1.165, 1.54) is 13.2 Å². The number of aromatic nitrogens is 3. The third kappa shape index (κ3) is 5.54. The molecule has 0 radical (unpaired) electrons. The number of ether oxygens (including phenoxy) is 1. The third-order valence-electron chi connectivity index (χ3n) is 6.76. The second-order valence-electron chi connectivity index (χ2n) is 9.21. The number of hydrogen-bond donors (Lipinski definition) is 1. The number of nitrogens with zero attached hydrogens (tertiary/aromatic N) is 5. The molecule has 5 rings (SSSR count). The van der Waals surface area contributed by atoms with Gasteiger partial charge in [0, 0.05) is 61.3 Å². The van der Waals surface area contributed by atoms with Crippen LogP contribution in [0.5, 0.6) is 0 Å². The quantitative estimate of drug-likeness (QED) is 0.333. The van der Waals surface area contributed by atoms with Crippen molar-refractivity contribution in [1.82, 2.24) is 19.9 Å². The molecule has 1 aliphatic heterocycles. The number of methoxy groups -OCH3 is 1. The van der Waals surface area contributed by atoms with Crippen molar-refractivity contribution in [2.45, 2.75) is 13.0 Å². The van der Waals surface area contributed by atoms with Crippen molar-refractivity contribution in [3.05, 3.63) is 77.5 Å². The average molecular weight is 535 g/mol. The molecule has 1 saturated heterocycles. The molecule has 10 heteroatoms. The standard InChI is InChI=1S/C28H28ClFN6O2/c1-18(21-5-3-4-6-24(21)30)34-27-22-13-19(7-8-25(22)31-16-23(27)29)20-14-32-28(33-15-20)36-11-9-35(10-12-36)17-26(37)38-2/h3-8,13-16,18H,9-12,17H2,1-2H3,(H,31,34). The van der Waals surface area contributed by atoms with Crippen LogP contribution < -0.4 is 10.2 Å². The lowest BCUT2D eigenvalue weighted by Gasteiger charge is -2.33. The van der Waals surface area contributed by atoms with Crippen molar-refractivity contribution in [2.24, 2.45) is 0 Å². The fourth-order valence-electron chi connectivity index (χ4n) is 4.60. The molecule has 3 heterocycles. The van der Waals surface area contributed by atoms with Crippen molar-refractivity contribution in [3.8, 4) is 11.1 Å². The minimum absolute atomic E-state index is 0.231. The van der Waals surface area contributed by atoms with Crippen LogP contribution in [0.2, 0.25) is 5.02 Å². The van der Waals surface area contributed by atoms with Crippen molar-refractivity contribution in [1.29, 1.82) is 0 Å². The first-order valence-corrected chi connectivity index (χ1v) is 12.8. The van der Waals surface area contributed by atoms with Gasteiger partial charge in [-0.1, -0.05) is 35.9 Å². The zero-order valence-electron chi connectivity index (χ0n) is 21.2. The molecule has 0 aliphatic carbocycles. The van der Waals surface area contributed by atoms with Crippen LogP contribution in [0.3, 0.4) is 0 Å². The predicted octanol–water partition coefficient (Wildman–Crippen LogP) is 4.95. The number of hydrogen-bond acceptors (Lipinski definition) is 8. The fraction of sp³-hybridized carbons (Fsp3) is 0.286. The van der Waals surface area contributed by atoms with Gasteiger partial charge in [-0.3, -0.25) is 14.7 Å². The van der Waals surface area contributed by atoms with Crippen LogP contribution in [-0.2, 0) is 9.53 Å². The Morgan fingerprint density at radius 2 is 1.79 bits per heavy atom. The van der Waals surface area contributed by atoms with Crippen molar-refractivity contribution in [2.75, 3.05) is 50.1 Å². The molecule has 38 heavy (non-hydrogen) atoms. The Hall–Kier alpha value is -3.82. The Labute approximate surface area is 225 Å². The molecule has 0 bridgehead atoms. The van der Waals surface area contributed by atoms with Crippen LogP contribution in [0.1, 0.15) is 18.5 Å². The number of fused-ring (bicyclic) bond motifs is 1. The van der Waals surface area contributed by atoms with E-state index in [1.807, 2.05) is 31.2 Å². The van der Waals surface area contributed by atoms with Crippen LogP contribution in [0.4, 0.5) is 16.0 Å². The molecule has 2 aromatic heterocycles. The first-order valence-electron chi connectivity index (χ1n) is 12.4. The molecular weight excluding hydrogens is 507 g/mol. The zero-order valence-corrected chi connectivity index (χ0v) is 22.0. The Balaban J connectivity index is 1.35. The maximum absolute atomic E-state index is 14.4. The SMILES string of the molecule is COC(=O)CN1CCN(c2ncc(-c3ccc4ncc(Cl)c(NC(C)c5ccccc5F)c4c3)cn2)CC1. The first-order chi connectivity index (χ1) is 18.4. The number of nitrogens with one attached hydrogen (secondary N) is 1. The summed E-state index contributed by atoms with van der Waals surface area (Å²) < 4.78 is 19.1. The summed E-state index contributed by atoms with van der Waals surface area (Å²) in [6, 6.07) is 12.3. The third-order valence-corrected chi connectivity index (χ3v) is 7.05. The van der Waals surface area contributed by atoms with Gasteiger partial charge in [0.05, 0.1) is 35.9 Å². The number of rotatable bonds is 7. The van der Waals surface area contributed by atoms with Crippen LogP contribution in [0, 0.1) is 5.82 Å². The van der Waals surface area contributed by atoms with Gasteiger partial charge in [-0.2, -0.15) is 0 Å². The predicted molar refractivity (Wildman–Crippen MR) is 147 cm³/mol. The number of benzene rings is 2. The number of carbonyl (C=O) groups excluding carboxylic acids is 1. The maximum Gasteiger partial charge on any atom is 0.319 e. The minimum Gasteiger partial charge on any atom is -0.468 e. The molecule has 0 amide bonds. The van der Waals surface area contributed by atoms with Gasteiger partial charge >= 0.3 is 5.97 Å². The van der Waals surface area contributed by atoms with E-state index in [0.29, 0.717) is 28.8 Å². The topological polar surface area (TPSA) is 83.5 Å². The summed E-state index contributed by atoms with van der Waals surface area (Å²) in [5, 5.41) is 4.65. The molecule has 2 aromatic carbocycles. The maximum atomic E-state index is 14.4. The monoisotopic (exact) mass is 534 g/mol. The fourth-order valence-corrected chi connectivity index (χ4v) is 4.81. The van der Waals surface area contributed by atoms with Gasteiger partial charge < -0.3 is 15.0 Å². The first kappa shape index (κ1) is 25.8. The molecule has 1 fully saturated rings. The largest absolute Gasteiger partial charge is 0.468 e. The number of esters is 1. The van der Waals surface area contributed by atoms with E-state index in [1.54, 1.807) is 30.7 Å². The highest BCUT2D eigenvalue weighted by Gasteiger charge is 2.21. The normalized spacial score (nSPS) is 14.9. The van der Waals surface area contributed by atoms with Gasteiger partial charge in [0.1, 0.15) is 5.82 Å². The summed E-state index contributed by atoms with van der Waals surface area (Å²) in [6.07, 6.45) is 5.21. The molecule has 4 aromatic rings. The lowest BCUT2D eigenvalue weighted by Crippen LogP contribution is -2.48.